The zero-order valence-electron chi connectivity index (χ0n) is 9.85. The van der Waals surface area contributed by atoms with Gasteiger partial charge < -0.3 is 5.32 Å². The molecule has 0 atom stereocenters. The number of nitrogens with zero attached hydrogens (tertiary/aromatic N) is 1. The highest BCUT2D eigenvalue weighted by Gasteiger charge is 2.27. The third-order valence-corrected chi connectivity index (χ3v) is 3.48. The molecule has 1 aromatic rings. The summed E-state index contributed by atoms with van der Waals surface area (Å²) in [5, 5.41) is 12.2. The van der Waals surface area contributed by atoms with Crippen molar-refractivity contribution in [2.24, 2.45) is 0 Å². The van der Waals surface area contributed by atoms with Crippen LogP contribution in [0.2, 0.25) is 0 Å². The molecule has 1 aromatic carbocycles. The van der Waals surface area contributed by atoms with Gasteiger partial charge in [-0.05, 0) is 0 Å². The fraction of sp³-hybridized carbons (Fsp3) is 0.222. The van der Waals surface area contributed by atoms with Crippen LogP contribution >= 0.6 is 10.7 Å². The number of hydrogen-bond donors (Lipinski definition) is 1. The molecule has 0 aromatic heterocycles. The highest BCUT2D eigenvalue weighted by molar-refractivity contribution is 8.13. The average molecular weight is 347 g/mol. The lowest BCUT2D eigenvalue weighted by atomic mass is 10.1. The lowest BCUT2D eigenvalue weighted by Gasteiger charge is -2.07. The Kier molecular flexibility index (Phi) is 5.12. The van der Waals surface area contributed by atoms with Crippen LogP contribution in [0.25, 0.3) is 0 Å². The lowest BCUT2D eigenvalue weighted by molar-refractivity contribution is -0.385. The largest absolute Gasteiger partial charge is 0.346 e. The van der Waals surface area contributed by atoms with E-state index in [0.29, 0.717) is 12.1 Å². The molecule has 0 unspecified atom stereocenters. The normalized spacial score (nSPS) is 11.5. The minimum atomic E-state index is -4.71. The van der Waals surface area contributed by atoms with Crippen LogP contribution in [0.4, 0.5) is 18.9 Å². The number of carbonyl (C=O) groups excluding carboxylic acids is 1. The van der Waals surface area contributed by atoms with E-state index < -0.39 is 54.8 Å². The molecule has 0 heterocycles. The van der Waals surface area contributed by atoms with E-state index in [1.807, 2.05) is 0 Å². The molecule has 0 saturated carbocycles. The predicted octanol–water partition coefficient (Wildman–Crippen LogP) is 1.66. The first-order chi connectivity index (χ1) is 9.54. The van der Waals surface area contributed by atoms with Gasteiger partial charge in [0.2, 0.25) is 0 Å². The average Bonchev–Trinajstić information content (AvgIpc) is 2.34. The van der Waals surface area contributed by atoms with Crippen LogP contribution in [0.3, 0.4) is 0 Å². The number of hydrogen-bond acceptors (Lipinski definition) is 5. The minimum Gasteiger partial charge on any atom is -0.346 e. The van der Waals surface area contributed by atoms with Crippen LogP contribution in [0.1, 0.15) is 10.4 Å². The van der Waals surface area contributed by atoms with Gasteiger partial charge in [0.15, 0.2) is 5.82 Å². The third-order valence-electron chi connectivity index (χ3n) is 2.16. The van der Waals surface area contributed by atoms with Crippen LogP contribution in [0.15, 0.2) is 17.0 Å². The van der Waals surface area contributed by atoms with Gasteiger partial charge in [-0.15, -0.1) is 0 Å². The summed E-state index contributed by atoms with van der Waals surface area (Å²) in [5.74, 6) is -3.10. The Morgan fingerprint density at radius 3 is 2.43 bits per heavy atom. The molecule has 0 spiro atoms. The quantitative estimate of drug-likeness (QED) is 0.495. The van der Waals surface area contributed by atoms with E-state index in [0.717, 1.165) is 0 Å². The number of rotatable bonds is 5. The van der Waals surface area contributed by atoms with Gasteiger partial charge in [-0.1, -0.05) is 0 Å². The second-order valence-corrected chi connectivity index (χ2v) is 6.14. The van der Waals surface area contributed by atoms with E-state index in [2.05, 4.69) is 0 Å². The summed E-state index contributed by atoms with van der Waals surface area (Å²) in [5.41, 5.74) is -2.01. The second kappa shape index (κ2) is 6.26. The molecule has 12 heteroatoms. The summed E-state index contributed by atoms with van der Waals surface area (Å²) in [4.78, 5) is 19.7. The molecule has 0 bridgehead atoms. The number of nitro benzene ring substituents is 1. The third kappa shape index (κ3) is 4.29. The highest BCUT2D eigenvalue weighted by Crippen LogP contribution is 2.27. The van der Waals surface area contributed by atoms with Crippen molar-refractivity contribution in [3.63, 3.8) is 0 Å². The molecule has 1 amide bonds. The number of non-ortho nitro benzene ring substituents is 1. The van der Waals surface area contributed by atoms with Crippen molar-refractivity contribution in [2.75, 3.05) is 6.54 Å². The van der Waals surface area contributed by atoms with Crippen molar-refractivity contribution >= 4 is 31.3 Å². The van der Waals surface area contributed by atoms with Gasteiger partial charge in [0.1, 0.15) is 4.90 Å². The van der Waals surface area contributed by atoms with E-state index in [4.69, 9.17) is 10.7 Å². The summed E-state index contributed by atoms with van der Waals surface area (Å²) < 4.78 is 60.0. The molecule has 21 heavy (non-hydrogen) atoms. The standard InChI is InChI=1S/C9H6ClF3N2O5S/c10-21(19,20)6-2-4(15(17)18)1-5(8(6)13)9(16)14-3-7(11)12/h1-2,7H,3H2,(H,14,16). The fourth-order valence-electron chi connectivity index (χ4n) is 1.30. The summed E-state index contributed by atoms with van der Waals surface area (Å²) >= 11 is 0. The Bertz CT molecular complexity index is 695. The molecule has 0 aliphatic rings. The lowest BCUT2D eigenvalue weighted by Crippen LogP contribution is -2.29. The molecule has 0 aliphatic heterocycles. The zero-order chi connectivity index (χ0) is 16.4. The number of carbonyl (C=O) groups is 1. The topological polar surface area (TPSA) is 106 Å². The zero-order valence-corrected chi connectivity index (χ0v) is 11.4. The second-order valence-electron chi connectivity index (χ2n) is 3.60. The van der Waals surface area contributed by atoms with E-state index in [1.54, 1.807) is 5.32 Å². The van der Waals surface area contributed by atoms with Crippen LogP contribution in [-0.2, 0) is 9.05 Å². The Morgan fingerprint density at radius 1 is 1.43 bits per heavy atom. The first-order valence-electron chi connectivity index (χ1n) is 5.03. The van der Waals surface area contributed by atoms with Gasteiger partial charge in [-0.3, -0.25) is 14.9 Å². The van der Waals surface area contributed by atoms with Crippen LogP contribution < -0.4 is 5.32 Å². The maximum atomic E-state index is 13.9. The number of nitro groups is 1. The molecule has 1 N–H and O–H groups in total. The molecule has 0 saturated heterocycles. The smallest absolute Gasteiger partial charge is 0.271 e. The first kappa shape index (κ1) is 17.2. The highest BCUT2D eigenvalue weighted by atomic mass is 35.7. The molecule has 7 nitrogen and oxygen atoms in total. The van der Waals surface area contributed by atoms with Crippen molar-refractivity contribution < 1.29 is 31.3 Å². The van der Waals surface area contributed by atoms with Crippen LogP contribution in [0.5, 0.6) is 0 Å². The number of halogens is 4. The van der Waals surface area contributed by atoms with Crippen molar-refractivity contribution in [3.05, 3.63) is 33.6 Å². The predicted molar refractivity (Wildman–Crippen MR) is 64.4 cm³/mol. The molecule has 116 valence electrons. The maximum absolute atomic E-state index is 13.9. The summed E-state index contributed by atoms with van der Waals surface area (Å²) in [6.07, 6.45) is -2.94. The Balaban J connectivity index is 3.41. The van der Waals surface area contributed by atoms with Gasteiger partial charge >= 0.3 is 0 Å². The first-order valence-corrected chi connectivity index (χ1v) is 7.34. The van der Waals surface area contributed by atoms with Crippen LogP contribution in [0, 0.1) is 15.9 Å². The molecule has 0 radical (unpaired) electrons. The number of alkyl halides is 2. The van der Waals surface area contributed by atoms with E-state index in [9.17, 15) is 36.5 Å². The van der Waals surface area contributed by atoms with Gasteiger partial charge in [0.25, 0.3) is 27.1 Å². The summed E-state index contributed by atoms with van der Waals surface area (Å²) in [6, 6.07) is 0.739. The minimum absolute atomic E-state index is 0.321. The monoisotopic (exact) mass is 346 g/mol. The molecule has 0 fully saturated rings. The van der Waals surface area contributed by atoms with Crippen LogP contribution in [-0.4, -0.2) is 32.2 Å². The van der Waals surface area contributed by atoms with Crippen molar-refractivity contribution in [1.29, 1.82) is 0 Å². The summed E-state index contributed by atoms with van der Waals surface area (Å²) in [7, 11) is 0.190. The van der Waals surface area contributed by atoms with E-state index >= 15 is 0 Å². The van der Waals surface area contributed by atoms with Gasteiger partial charge in [-0.2, -0.15) is 0 Å². The number of nitrogens with one attached hydrogen (secondary N) is 1. The van der Waals surface area contributed by atoms with Crippen molar-refractivity contribution in [3.8, 4) is 0 Å². The Morgan fingerprint density at radius 2 is 2.00 bits per heavy atom. The van der Waals surface area contributed by atoms with E-state index in [-0.39, 0.29) is 0 Å². The Labute approximate surface area is 120 Å². The molecular formula is C9H6ClF3N2O5S. The molecule has 1 rings (SSSR count). The van der Waals surface area contributed by atoms with Gasteiger partial charge in [-0.25, -0.2) is 21.6 Å². The van der Waals surface area contributed by atoms with Gasteiger partial charge in [0, 0.05) is 22.8 Å². The maximum Gasteiger partial charge on any atom is 0.271 e. The summed E-state index contributed by atoms with van der Waals surface area (Å²) in [6.45, 7) is -1.13. The Hall–Kier alpha value is -1.88. The number of amides is 1. The van der Waals surface area contributed by atoms with E-state index in [1.165, 1.54) is 0 Å². The molecule has 0 aliphatic carbocycles. The van der Waals surface area contributed by atoms with Gasteiger partial charge in [0.05, 0.1) is 17.0 Å². The molecular weight excluding hydrogens is 341 g/mol. The number of benzene rings is 1. The van der Waals surface area contributed by atoms with Crippen molar-refractivity contribution in [2.45, 2.75) is 11.3 Å². The SMILES string of the molecule is O=C(NCC(F)F)c1cc([N+](=O)[O-])cc(S(=O)(=O)Cl)c1F. The van der Waals surface area contributed by atoms with Crippen molar-refractivity contribution in [1.82, 2.24) is 5.32 Å². The fourth-order valence-corrected chi connectivity index (χ4v) is 2.22.